The normalized spacial score (nSPS) is 18.5. The van der Waals surface area contributed by atoms with Crippen LogP contribution < -0.4 is 15.1 Å². The Hall–Kier alpha value is -2.90. The summed E-state index contributed by atoms with van der Waals surface area (Å²) in [5.41, 5.74) is 4.35. The fraction of sp³-hybridized carbons (Fsp3) is 0.304. The molecule has 1 aliphatic heterocycles. The maximum absolute atomic E-state index is 5.81. The Morgan fingerprint density at radius 1 is 1.10 bits per heavy atom. The maximum Gasteiger partial charge on any atom is 0.174 e. The summed E-state index contributed by atoms with van der Waals surface area (Å²) < 4.78 is 7.56. The molecule has 156 valence electrons. The number of pyridine rings is 1. The van der Waals surface area contributed by atoms with E-state index >= 15 is 0 Å². The average Bonchev–Trinajstić information content (AvgIpc) is 3.36. The molecule has 3 heterocycles. The van der Waals surface area contributed by atoms with Crippen LogP contribution in [0.2, 0.25) is 0 Å². The minimum absolute atomic E-state index is 0.0236. The first-order chi connectivity index (χ1) is 14.6. The highest BCUT2D eigenvalue weighted by atomic mass is 32.1. The van der Waals surface area contributed by atoms with Gasteiger partial charge in [0.05, 0.1) is 18.3 Å². The van der Waals surface area contributed by atoms with Crippen molar-refractivity contribution < 1.29 is 4.74 Å². The zero-order chi connectivity index (χ0) is 21.1. The molecule has 2 unspecified atom stereocenters. The van der Waals surface area contributed by atoms with E-state index in [0.29, 0.717) is 11.7 Å². The lowest BCUT2D eigenvalue weighted by Gasteiger charge is -2.29. The summed E-state index contributed by atoms with van der Waals surface area (Å²) in [5.74, 6) is 0. The Labute approximate surface area is 183 Å². The van der Waals surface area contributed by atoms with Gasteiger partial charge in [0, 0.05) is 57.2 Å². The van der Waals surface area contributed by atoms with Gasteiger partial charge in [0.25, 0.3) is 0 Å². The third kappa shape index (κ3) is 3.91. The molecule has 0 aliphatic carbocycles. The topological polar surface area (TPSA) is 45.6 Å². The van der Waals surface area contributed by atoms with Crippen molar-refractivity contribution in [2.24, 2.45) is 0 Å². The number of nitrogens with one attached hydrogen (secondary N) is 1. The summed E-state index contributed by atoms with van der Waals surface area (Å²) in [4.78, 5) is 8.92. The molecular weight excluding hydrogens is 394 g/mol. The summed E-state index contributed by atoms with van der Waals surface area (Å²) in [7, 11) is 5.81. The second-order valence-electron chi connectivity index (χ2n) is 7.53. The van der Waals surface area contributed by atoms with Gasteiger partial charge in [-0.3, -0.25) is 4.98 Å². The summed E-state index contributed by atoms with van der Waals surface area (Å²) in [6.07, 6.45) is 3.92. The lowest BCUT2D eigenvalue weighted by atomic mass is 10.0. The van der Waals surface area contributed by atoms with Gasteiger partial charge in [0.2, 0.25) is 0 Å². The van der Waals surface area contributed by atoms with Crippen LogP contribution in [0.1, 0.15) is 23.5 Å². The summed E-state index contributed by atoms with van der Waals surface area (Å²) in [6.45, 7) is 1.43. The van der Waals surface area contributed by atoms with Gasteiger partial charge in [-0.1, -0.05) is 6.07 Å². The van der Waals surface area contributed by atoms with Crippen molar-refractivity contribution in [1.82, 2.24) is 14.9 Å². The van der Waals surface area contributed by atoms with E-state index in [1.54, 1.807) is 7.11 Å². The molecule has 7 heteroatoms. The lowest BCUT2D eigenvalue weighted by Crippen LogP contribution is -2.30. The van der Waals surface area contributed by atoms with Crippen LogP contribution in [0.4, 0.5) is 11.4 Å². The van der Waals surface area contributed by atoms with Crippen molar-refractivity contribution >= 4 is 28.7 Å². The van der Waals surface area contributed by atoms with Gasteiger partial charge in [0.1, 0.15) is 6.04 Å². The molecule has 0 amide bonds. The number of benzene rings is 1. The Balaban J connectivity index is 1.78. The quantitative estimate of drug-likeness (QED) is 0.586. The van der Waals surface area contributed by atoms with Crippen LogP contribution in [-0.2, 0) is 11.3 Å². The van der Waals surface area contributed by atoms with E-state index < -0.39 is 0 Å². The van der Waals surface area contributed by atoms with E-state index in [1.807, 2.05) is 38.5 Å². The standard InChI is InChI=1S/C23H27N5OS/c1-26(2)17-9-11-18(12-10-17)28-22(20-8-6-14-27(20)15-16-29-3)21(25-23(28)30)19-7-4-5-13-24-19/h4-14,21-22H,15-16H2,1-3H3,(H,25,30). The zero-order valence-electron chi connectivity index (χ0n) is 17.5. The molecule has 2 aromatic heterocycles. The van der Waals surface area contributed by atoms with Crippen molar-refractivity contribution in [2.45, 2.75) is 18.6 Å². The molecule has 6 nitrogen and oxygen atoms in total. The second-order valence-corrected chi connectivity index (χ2v) is 7.91. The fourth-order valence-electron chi connectivity index (χ4n) is 3.93. The number of hydrogen-bond donors (Lipinski definition) is 1. The average molecular weight is 422 g/mol. The van der Waals surface area contributed by atoms with E-state index in [1.165, 1.54) is 5.69 Å². The molecule has 1 aromatic carbocycles. The molecular formula is C23H27N5OS. The molecule has 1 aliphatic rings. The van der Waals surface area contributed by atoms with Crippen LogP contribution in [0.25, 0.3) is 0 Å². The molecule has 3 aromatic rings. The zero-order valence-corrected chi connectivity index (χ0v) is 18.3. The summed E-state index contributed by atoms with van der Waals surface area (Å²) >= 11 is 5.81. The molecule has 30 heavy (non-hydrogen) atoms. The minimum atomic E-state index is -0.0524. The molecule has 1 fully saturated rings. The smallest absolute Gasteiger partial charge is 0.174 e. The number of methoxy groups -OCH3 is 1. The highest BCUT2D eigenvalue weighted by molar-refractivity contribution is 7.80. The Morgan fingerprint density at radius 2 is 1.90 bits per heavy atom. The van der Waals surface area contributed by atoms with Gasteiger partial charge in [0.15, 0.2) is 5.11 Å². The highest BCUT2D eigenvalue weighted by Crippen LogP contribution is 2.41. The number of thiocarbonyl (C=S) groups is 1. The molecule has 0 spiro atoms. The van der Waals surface area contributed by atoms with Crippen molar-refractivity contribution in [1.29, 1.82) is 0 Å². The van der Waals surface area contributed by atoms with Crippen molar-refractivity contribution in [3.05, 3.63) is 78.4 Å². The molecule has 0 bridgehead atoms. The maximum atomic E-state index is 5.81. The number of rotatable bonds is 7. The predicted octanol–water partition coefficient (Wildman–Crippen LogP) is 3.77. The van der Waals surface area contributed by atoms with Crippen LogP contribution in [0.3, 0.4) is 0 Å². The largest absolute Gasteiger partial charge is 0.383 e. The van der Waals surface area contributed by atoms with Crippen LogP contribution in [0.5, 0.6) is 0 Å². The Bertz CT molecular complexity index is 986. The fourth-order valence-corrected chi connectivity index (χ4v) is 4.28. The van der Waals surface area contributed by atoms with Crippen molar-refractivity contribution in [3.8, 4) is 0 Å². The first-order valence-electron chi connectivity index (χ1n) is 10.0. The Morgan fingerprint density at radius 3 is 2.57 bits per heavy atom. The monoisotopic (exact) mass is 421 g/mol. The van der Waals surface area contributed by atoms with E-state index in [9.17, 15) is 0 Å². The van der Waals surface area contributed by atoms with Gasteiger partial charge >= 0.3 is 0 Å². The molecule has 2 atom stereocenters. The molecule has 4 rings (SSSR count). The number of ether oxygens (including phenoxy) is 1. The summed E-state index contributed by atoms with van der Waals surface area (Å²) in [6, 6.07) is 18.6. The third-order valence-electron chi connectivity index (χ3n) is 5.45. The van der Waals surface area contributed by atoms with Crippen molar-refractivity contribution in [3.63, 3.8) is 0 Å². The van der Waals surface area contributed by atoms with Gasteiger partial charge in [-0.15, -0.1) is 0 Å². The molecule has 0 saturated carbocycles. The predicted molar refractivity (Wildman–Crippen MR) is 125 cm³/mol. The minimum Gasteiger partial charge on any atom is -0.383 e. The molecule has 1 N–H and O–H groups in total. The number of hydrogen-bond acceptors (Lipinski definition) is 4. The van der Waals surface area contributed by atoms with E-state index in [-0.39, 0.29) is 12.1 Å². The van der Waals surface area contributed by atoms with E-state index in [0.717, 1.165) is 23.6 Å². The molecule has 1 saturated heterocycles. The van der Waals surface area contributed by atoms with Crippen LogP contribution >= 0.6 is 12.2 Å². The lowest BCUT2D eigenvalue weighted by molar-refractivity contribution is 0.186. The summed E-state index contributed by atoms with van der Waals surface area (Å²) in [5, 5.41) is 4.22. The van der Waals surface area contributed by atoms with Gasteiger partial charge in [-0.25, -0.2) is 0 Å². The number of aromatic nitrogens is 2. The van der Waals surface area contributed by atoms with E-state index in [4.69, 9.17) is 17.0 Å². The highest BCUT2D eigenvalue weighted by Gasteiger charge is 2.41. The third-order valence-corrected chi connectivity index (χ3v) is 5.76. The second kappa shape index (κ2) is 8.85. The number of nitrogens with zero attached hydrogens (tertiary/aromatic N) is 4. The molecule has 0 radical (unpaired) electrons. The van der Waals surface area contributed by atoms with Gasteiger partial charge < -0.3 is 24.4 Å². The first-order valence-corrected chi connectivity index (χ1v) is 10.4. The van der Waals surface area contributed by atoms with Gasteiger partial charge in [-0.05, 0) is 60.7 Å². The van der Waals surface area contributed by atoms with Crippen LogP contribution in [0.15, 0.2) is 67.0 Å². The van der Waals surface area contributed by atoms with Crippen LogP contribution in [0, 0.1) is 0 Å². The van der Waals surface area contributed by atoms with Crippen molar-refractivity contribution in [2.75, 3.05) is 37.6 Å². The SMILES string of the molecule is COCCn1cccc1C1C(c2ccccn2)NC(=S)N1c1ccc(N(C)C)cc1. The van der Waals surface area contributed by atoms with Gasteiger partial charge in [-0.2, -0.15) is 0 Å². The van der Waals surface area contributed by atoms with E-state index in [2.05, 4.69) is 67.3 Å². The Kier molecular flexibility index (Phi) is 6.01. The first kappa shape index (κ1) is 20.4. The number of anilines is 2. The van der Waals surface area contributed by atoms with Crippen LogP contribution in [-0.4, -0.2) is 42.5 Å².